The maximum Gasteiger partial charge on any atom is 0.491 e. The van der Waals surface area contributed by atoms with E-state index in [-0.39, 0.29) is 41.3 Å². The van der Waals surface area contributed by atoms with Gasteiger partial charge in [-0.2, -0.15) is 23.1 Å². The molecule has 0 aliphatic heterocycles. The number of pyridine rings is 1. The van der Waals surface area contributed by atoms with Crippen LogP contribution >= 0.6 is 0 Å². The Bertz CT molecular complexity index is 1570. The van der Waals surface area contributed by atoms with Crippen LogP contribution in [0.5, 0.6) is 6.01 Å². The van der Waals surface area contributed by atoms with Gasteiger partial charge in [0.1, 0.15) is 5.82 Å². The molecule has 1 aliphatic carbocycles. The van der Waals surface area contributed by atoms with Crippen LogP contribution in [-0.4, -0.2) is 44.9 Å². The molecule has 4 aromatic rings. The van der Waals surface area contributed by atoms with Crippen LogP contribution in [0.25, 0.3) is 21.9 Å². The van der Waals surface area contributed by atoms with E-state index in [1.54, 1.807) is 13.2 Å². The fraction of sp³-hybridized carbons (Fsp3) is 0.360. The van der Waals surface area contributed by atoms with E-state index < -0.39 is 35.6 Å². The number of hydrogen-bond donors (Lipinski definition) is 2. The second-order valence-electron chi connectivity index (χ2n) is 9.49. The van der Waals surface area contributed by atoms with Gasteiger partial charge in [-0.25, -0.2) is 18.6 Å². The van der Waals surface area contributed by atoms with Gasteiger partial charge in [-0.05, 0) is 42.9 Å². The van der Waals surface area contributed by atoms with Crippen molar-refractivity contribution in [2.24, 2.45) is 11.8 Å². The van der Waals surface area contributed by atoms with E-state index in [1.165, 1.54) is 10.6 Å². The standard InChI is InChI=1S/C25H23F5N6O3/c1-38-19-13(6-11-2-3-12-8-15(26)20(31)33-17(12)7-11)4-5-14(19)9-36-10-16(27)18-21(32)34-24(35-22(18)36)39-23(37)25(28,29)30/h2-3,7-8,10,13-14,19H,4-6,9H2,1H3,(H2,31,33)(H2,32,34,35). The van der Waals surface area contributed by atoms with Crippen molar-refractivity contribution < 1.29 is 36.2 Å². The minimum absolute atomic E-state index is 0.0879. The third-order valence-electron chi connectivity index (χ3n) is 6.99. The number of carbonyl (C=O) groups excluding carboxylic acids is 1. The first kappa shape index (κ1) is 26.5. The summed E-state index contributed by atoms with van der Waals surface area (Å²) in [5.41, 5.74) is 12.8. The summed E-state index contributed by atoms with van der Waals surface area (Å²) in [7, 11) is 1.57. The Kier molecular flexibility index (Phi) is 6.74. The lowest BCUT2D eigenvalue weighted by Gasteiger charge is -2.24. The average molecular weight is 550 g/mol. The van der Waals surface area contributed by atoms with Gasteiger partial charge in [0.05, 0.1) is 17.0 Å². The maximum absolute atomic E-state index is 14.7. The Hall–Kier alpha value is -4.07. The molecule has 3 atom stereocenters. The lowest BCUT2D eigenvalue weighted by atomic mass is 9.93. The van der Waals surface area contributed by atoms with Crippen molar-refractivity contribution in [1.29, 1.82) is 0 Å². The number of halogens is 5. The summed E-state index contributed by atoms with van der Waals surface area (Å²) in [5, 5.41) is 0.436. The molecular formula is C25H23F5N6O3. The molecule has 0 spiro atoms. The van der Waals surface area contributed by atoms with Crippen molar-refractivity contribution >= 4 is 39.5 Å². The normalized spacial score (nSPS) is 19.7. The number of alkyl halides is 3. The third kappa shape index (κ3) is 5.15. The molecule has 1 aromatic carbocycles. The van der Waals surface area contributed by atoms with Crippen LogP contribution in [-0.2, 0) is 22.5 Å². The van der Waals surface area contributed by atoms with Gasteiger partial charge in [0.15, 0.2) is 23.1 Å². The number of carbonyl (C=O) groups is 1. The van der Waals surface area contributed by atoms with E-state index in [1.807, 2.05) is 12.1 Å². The molecule has 4 N–H and O–H groups in total. The predicted octanol–water partition coefficient (Wildman–Crippen LogP) is 4.17. The molecule has 3 aromatic heterocycles. The lowest BCUT2D eigenvalue weighted by Crippen LogP contribution is -2.29. The second-order valence-corrected chi connectivity index (χ2v) is 9.49. The van der Waals surface area contributed by atoms with Crippen LogP contribution < -0.4 is 16.2 Å². The molecule has 0 saturated heterocycles. The molecule has 14 heteroatoms. The molecule has 1 fully saturated rings. The molecule has 1 aliphatic rings. The number of rotatable bonds is 6. The summed E-state index contributed by atoms with van der Waals surface area (Å²) < 4.78 is 77.7. The maximum atomic E-state index is 14.7. The molecule has 3 unspecified atom stereocenters. The summed E-state index contributed by atoms with van der Waals surface area (Å²) >= 11 is 0. The van der Waals surface area contributed by atoms with Crippen molar-refractivity contribution in [2.45, 2.75) is 38.1 Å². The quantitative estimate of drug-likeness (QED) is 0.270. The van der Waals surface area contributed by atoms with Gasteiger partial charge in [0.25, 0.3) is 0 Å². The smallest absolute Gasteiger partial charge is 0.384 e. The molecule has 5 rings (SSSR count). The Morgan fingerprint density at radius 2 is 1.79 bits per heavy atom. The minimum atomic E-state index is -5.27. The van der Waals surface area contributed by atoms with Gasteiger partial charge >= 0.3 is 18.2 Å². The molecular weight excluding hydrogens is 527 g/mol. The van der Waals surface area contributed by atoms with E-state index in [0.29, 0.717) is 23.7 Å². The number of nitrogens with zero attached hydrogens (tertiary/aromatic N) is 4. The third-order valence-corrected chi connectivity index (χ3v) is 6.99. The van der Waals surface area contributed by atoms with E-state index >= 15 is 0 Å². The highest BCUT2D eigenvalue weighted by molar-refractivity contribution is 5.88. The van der Waals surface area contributed by atoms with Crippen molar-refractivity contribution in [3.8, 4) is 6.01 Å². The molecule has 9 nitrogen and oxygen atoms in total. The minimum Gasteiger partial charge on any atom is -0.384 e. The number of ether oxygens (including phenoxy) is 2. The van der Waals surface area contributed by atoms with Crippen molar-refractivity contribution in [1.82, 2.24) is 19.5 Å². The Labute approximate surface area is 217 Å². The van der Waals surface area contributed by atoms with Crippen LogP contribution in [0.15, 0.2) is 30.5 Å². The lowest BCUT2D eigenvalue weighted by molar-refractivity contribution is -0.190. The fourth-order valence-corrected chi connectivity index (χ4v) is 5.29. The highest BCUT2D eigenvalue weighted by Crippen LogP contribution is 2.38. The monoisotopic (exact) mass is 550 g/mol. The van der Waals surface area contributed by atoms with Crippen molar-refractivity contribution in [3.63, 3.8) is 0 Å². The second kappa shape index (κ2) is 9.91. The topological polar surface area (TPSA) is 131 Å². The summed E-state index contributed by atoms with van der Waals surface area (Å²) in [4.78, 5) is 22.7. The van der Waals surface area contributed by atoms with Gasteiger partial charge < -0.3 is 25.5 Å². The largest absolute Gasteiger partial charge is 0.491 e. The fourth-order valence-electron chi connectivity index (χ4n) is 5.29. The van der Waals surface area contributed by atoms with Crippen LogP contribution in [0.4, 0.5) is 33.6 Å². The number of nitrogens with two attached hydrogens (primary N) is 2. The van der Waals surface area contributed by atoms with Crippen molar-refractivity contribution in [3.05, 3.63) is 47.7 Å². The van der Waals surface area contributed by atoms with Crippen LogP contribution in [0.3, 0.4) is 0 Å². The zero-order chi connectivity index (χ0) is 28.1. The number of nitrogen functional groups attached to an aromatic ring is 2. The highest BCUT2D eigenvalue weighted by Gasteiger charge is 2.42. The predicted molar refractivity (Wildman–Crippen MR) is 130 cm³/mol. The number of aromatic nitrogens is 4. The number of anilines is 2. The number of fused-ring (bicyclic) bond motifs is 2. The molecule has 0 bridgehead atoms. The van der Waals surface area contributed by atoms with Crippen LogP contribution in [0.1, 0.15) is 18.4 Å². The average Bonchev–Trinajstić information content (AvgIpc) is 3.39. The zero-order valence-corrected chi connectivity index (χ0v) is 20.5. The van der Waals surface area contributed by atoms with E-state index in [9.17, 15) is 26.7 Å². The van der Waals surface area contributed by atoms with Gasteiger partial charge in [0.2, 0.25) is 0 Å². The SMILES string of the molecule is COC1C(Cc2ccc3cc(F)c(N)nc3c2)CCC1Cn1cc(F)c2c(N)nc(OC(=O)C(F)(F)F)nc21. The number of benzene rings is 1. The summed E-state index contributed by atoms with van der Waals surface area (Å²) in [5.74, 6) is -4.52. The van der Waals surface area contributed by atoms with Crippen LogP contribution in [0.2, 0.25) is 0 Å². The Morgan fingerprint density at radius 3 is 2.51 bits per heavy atom. The number of methoxy groups -OCH3 is 1. The summed E-state index contributed by atoms with van der Waals surface area (Å²) in [6.45, 7) is 0.216. The van der Waals surface area contributed by atoms with E-state index in [4.69, 9.17) is 16.2 Å². The summed E-state index contributed by atoms with van der Waals surface area (Å²) in [6.07, 6.45) is -2.25. The molecule has 206 valence electrons. The molecule has 3 heterocycles. The molecule has 0 radical (unpaired) electrons. The molecule has 39 heavy (non-hydrogen) atoms. The van der Waals surface area contributed by atoms with Gasteiger partial charge in [-0.15, -0.1) is 0 Å². The first-order valence-corrected chi connectivity index (χ1v) is 11.9. The highest BCUT2D eigenvalue weighted by atomic mass is 19.4. The summed E-state index contributed by atoms with van der Waals surface area (Å²) in [6, 6.07) is 5.91. The van der Waals surface area contributed by atoms with Gasteiger partial charge in [-0.3, -0.25) is 0 Å². The molecule has 1 saturated carbocycles. The van der Waals surface area contributed by atoms with Gasteiger partial charge in [0, 0.05) is 31.2 Å². The zero-order valence-electron chi connectivity index (χ0n) is 20.5. The van der Waals surface area contributed by atoms with Crippen LogP contribution in [0, 0.1) is 23.5 Å². The molecule has 0 amide bonds. The number of esters is 1. The number of hydrogen-bond acceptors (Lipinski definition) is 8. The van der Waals surface area contributed by atoms with E-state index in [0.717, 1.165) is 18.2 Å². The van der Waals surface area contributed by atoms with Crippen molar-refractivity contribution in [2.75, 3.05) is 18.6 Å². The Morgan fingerprint density at radius 1 is 1.05 bits per heavy atom. The van der Waals surface area contributed by atoms with E-state index in [2.05, 4.69) is 19.7 Å². The Balaban J connectivity index is 1.37. The van der Waals surface area contributed by atoms with Gasteiger partial charge in [-0.1, -0.05) is 12.1 Å². The first-order valence-electron chi connectivity index (χ1n) is 11.9. The first-order chi connectivity index (χ1) is 18.4.